The van der Waals surface area contributed by atoms with Gasteiger partial charge in [0, 0.05) is 11.4 Å². The van der Waals surface area contributed by atoms with Crippen molar-refractivity contribution < 1.29 is 0 Å². The standard InChI is InChI=1S/C85H72N2/c1-5-7-27-61-43-47-69(48-44-61)86-79-51-41-59(3)53-75(79)84(65-33-19-11-20-34-65,66-35-21-12-22-36-66)77-55-71-72-56-78-82(58-74(72)83(73(71)57-81(77)86,63-29-15-9-16-30-63)64-31-17-10-18-32-64)87(70-49-45-62(46-50-70)28-8-6-2)80-52-42-60(4)54-76(80)85(78,67-37-23-13-24-38-67)68-39-25-14-26-40-68/h9-26,29-58H,5-8,27-28H2,1-4H3. The van der Waals surface area contributed by atoms with Gasteiger partial charge in [-0.2, -0.15) is 0 Å². The van der Waals surface area contributed by atoms with Crippen LogP contribution in [-0.4, -0.2) is 0 Å². The first kappa shape index (κ1) is 53.9. The Bertz CT molecular complexity index is 4090. The van der Waals surface area contributed by atoms with Crippen LogP contribution < -0.4 is 9.80 Å². The largest absolute Gasteiger partial charge is 0.310 e. The highest BCUT2D eigenvalue weighted by Crippen LogP contribution is 2.67. The highest BCUT2D eigenvalue weighted by Gasteiger charge is 2.54. The van der Waals surface area contributed by atoms with Gasteiger partial charge in [0.1, 0.15) is 0 Å². The maximum atomic E-state index is 2.66. The second-order valence-corrected chi connectivity index (χ2v) is 24.5. The molecule has 0 saturated heterocycles. The van der Waals surface area contributed by atoms with Crippen LogP contribution in [0.2, 0.25) is 0 Å². The van der Waals surface area contributed by atoms with Gasteiger partial charge < -0.3 is 9.80 Å². The molecule has 0 fully saturated rings. The summed E-state index contributed by atoms with van der Waals surface area (Å²) >= 11 is 0. The van der Waals surface area contributed by atoms with Crippen LogP contribution in [0.5, 0.6) is 0 Å². The predicted molar refractivity (Wildman–Crippen MR) is 364 cm³/mol. The molecule has 422 valence electrons. The molecule has 3 aliphatic rings. The summed E-state index contributed by atoms with van der Waals surface area (Å²) < 4.78 is 0. The molecule has 0 bridgehead atoms. The molecule has 2 heteroatoms. The molecule has 2 nitrogen and oxygen atoms in total. The lowest BCUT2D eigenvalue weighted by Crippen LogP contribution is -2.38. The Hall–Kier alpha value is -9.76. The summed E-state index contributed by atoms with van der Waals surface area (Å²) in [5.41, 5.74) is 27.3. The molecule has 0 N–H and O–H groups in total. The van der Waals surface area contributed by atoms with E-state index in [1.807, 2.05) is 0 Å². The van der Waals surface area contributed by atoms with E-state index in [-0.39, 0.29) is 0 Å². The van der Waals surface area contributed by atoms with Crippen LogP contribution in [0.1, 0.15) is 129 Å². The van der Waals surface area contributed by atoms with E-state index < -0.39 is 16.2 Å². The fourth-order valence-electron chi connectivity index (χ4n) is 15.6. The maximum Gasteiger partial charge on any atom is 0.0742 e. The molecule has 12 aromatic carbocycles. The first-order valence-corrected chi connectivity index (χ1v) is 31.6. The Labute approximate surface area is 514 Å². The fraction of sp³-hybridized carbons (Fsp3) is 0.153. The molecular formula is C85H72N2. The SMILES string of the molecule is CCCCc1ccc(N2c3ccc(C)cc3C(c3ccccc3)(c3ccccc3)c3cc4c(cc32)C(c2ccccc2)(c2ccccc2)c2cc3c(cc2-4)C(c2ccccc2)(c2ccccc2)c2cc(C)ccc2N3c2ccc(CCCC)cc2)cc1. The quantitative estimate of drug-likeness (QED) is 0.107. The minimum atomic E-state index is -0.784. The third-order valence-corrected chi connectivity index (χ3v) is 19.5. The number of hydrogen-bond acceptors (Lipinski definition) is 2. The van der Waals surface area contributed by atoms with E-state index in [1.54, 1.807) is 0 Å². The van der Waals surface area contributed by atoms with E-state index >= 15 is 0 Å². The van der Waals surface area contributed by atoms with Crippen LogP contribution in [0.15, 0.2) is 291 Å². The Morgan fingerprint density at radius 2 is 0.540 bits per heavy atom. The van der Waals surface area contributed by atoms with Crippen molar-refractivity contribution in [2.75, 3.05) is 9.80 Å². The lowest BCUT2D eigenvalue weighted by atomic mass is 9.61. The highest BCUT2D eigenvalue weighted by atomic mass is 15.2. The van der Waals surface area contributed by atoms with E-state index in [0.717, 1.165) is 49.9 Å². The number of unbranched alkanes of at least 4 members (excludes halogenated alkanes) is 2. The zero-order valence-electron chi connectivity index (χ0n) is 50.3. The molecule has 1 aliphatic carbocycles. The summed E-state index contributed by atoms with van der Waals surface area (Å²) in [6, 6.07) is 112. The van der Waals surface area contributed by atoms with Crippen LogP contribution in [-0.2, 0) is 29.1 Å². The first-order valence-electron chi connectivity index (χ1n) is 31.6. The fourth-order valence-corrected chi connectivity index (χ4v) is 15.6. The van der Waals surface area contributed by atoms with Gasteiger partial charge in [-0.3, -0.25) is 0 Å². The number of fused-ring (bicyclic) bond motifs is 7. The van der Waals surface area contributed by atoms with Crippen molar-refractivity contribution in [3.05, 3.63) is 380 Å². The number of anilines is 6. The van der Waals surface area contributed by atoms with E-state index in [9.17, 15) is 0 Å². The summed E-state index contributed by atoms with van der Waals surface area (Å²) in [5, 5.41) is 0. The predicted octanol–water partition coefficient (Wildman–Crippen LogP) is 21.7. The number of hydrogen-bond donors (Lipinski definition) is 0. The van der Waals surface area contributed by atoms with Gasteiger partial charge in [0.2, 0.25) is 0 Å². The van der Waals surface area contributed by atoms with Gasteiger partial charge in [-0.1, -0.05) is 268 Å². The van der Waals surface area contributed by atoms with Crippen molar-refractivity contribution in [2.45, 2.75) is 82.5 Å². The second-order valence-electron chi connectivity index (χ2n) is 24.5. The van der Waals surface area contributed by atoms with Gasteiger partial charge in [0.05, 0.1) is 39.0 Å². The molecule has 2 heterocycles. The lowest BCUT2D eigenvalue weighted by Gasteiger charge is -2.47. The van der Waals surface area contributed by atoms with E-state index in [1.165, 1.54) is 123 Å². The van der Waals surface area contributed by atoms with Crippen LogP contribution >= 0.6 is 0 Å². The molecule has 2 aliphatic heterocycles. The zero-order valence-corrected chi connectivity index (χ0v) is 50.3. The van der Waals surface area contributed by atoms with Crippen molar-refractivity contribution in [2.24, 2.45) is 0 Å². The molecule has 0 radical (unpaired) electrons. The molecule has 0 unspecified atom stereocenters. The zero-order chi connectivity index (χ0) is 58.7. The maximum absolute atomic E-state index is 2.66. The second kappa shape index (κ2) is 21.9. The molecule has 12 aromatic rings. The molecule has 0 aromatic heterocycles. The van der Waals surface area contributed by atoms with Crippen molar-refractivity contribution in [1.29, 1.82) is 0 Å². The molecular weight excluding hydrogens is 1050 g/mol. The van der Waals surface area contributed by atoms with Gasteiger partial charge in [-0.15, -0.1) is 0 Å². The van der Waals surface area contributed by atoms with E-state index in [4.69, 9.17) is 0 Å². The van der Waals surface area contributed by atoms with Crippen LogP contribution in [0.25, 0.3) is 11.1 Å². The number of aryl methyl sites for hydroxylation is 4. The van der Waals surface area contributed by atoms with Gasteiger partial charge in [-0.05, 0) is 189 Å². The average Bonchev–Trinajstić information content (AvgIpc) is 1.65. The summed E-state index contributed by atoms with van der Waals surface area (Å²) in [4.78, 5) is 5.21. The topological polar surface area (TPSA) is 6.48 Å². The van der Waals surface area contributed by atoms with Crippen LogP contribution in [0, 0.1) is 13.8 Å². The average molecular weight is 1120 g/mol. The third kappa shape index (κ3) is 8.36. The Morgan fingerprint density at radius 3 is 0.828 bits per heavy atom. The molecule has 0 saturated carbocycles. The summed E-state index contributed by atoms with van der Waals surface area (Å²) in [7, 11) is 0. The Kier molecular flexibility index (Phi) is 13.6. The van der Waals surface area contributed by atoms with E-state index in [0.29, 0.717) is 0 Å². The van der Waals surface area contributed by atoms with Crippen LogP contribution in [0.3, 0.4) is 0 Å². The number of nitrogens with zero attached hydrogens (tertiary/aromatic N) is 2. The molecule has 87 heavy (non-hydrogen) atoms. The van der Waals surface area contributed by atoms with Gasteiger partial charge in [-0.25, -0.2) is 0 Å². The molecule has 15 rings (SSSR count). The monoisotopic (exact) mass is 1120 g/mol. The molecule has 0 spiro atoms. The normalized spacial score (nSPS) is 14.5. The smallest absolute Gasteiger partial charge is 0.0742 e. The summed E-state index contributed by atoms with van der Waals surface area (Å²) in [6.45, 7) is 9.09. The highest BCUT2D eigenvalue weighted by molar-refractivity contribution is 5.99. The third-order valence-electron chi connectivity index (χ3n) is 19.5. The van der Waals surface area contributed by atoms with Crippen molar-refractivity contribution >= 4 is 34.1 Å². The van der Waals surface area contributed by atoms with Crippen molar-refractivity contribution in [1.82, 2.24) is 0 Å². The minimum absolute atomic E-state index is 0.737. The van der Waals surface area contributed by atoms with Gasteiger partial charge in [0.15, 0.2) is 0 Å². The van der Waals surface area contributed by atoms with Gasteiger partial charge >= 0.3 is 0 Å². The van der Waals surface area contributed by atoms with E-state index in [2.05, 4.69) is 329 Å². The summed E-state index contributed by atoms with van der Waals surface area (Å²) in [5.74, 6) is 0. The lowest BCUT2D eigenvalue weighted by molar-refractivity contribution is 0.722. The van der Waals surface area contributed by atoms with Crippen molar-refractivity contribution in [3.63, 3.8) is 0 Å². The van der Waals surface area contributed by atoms with Crippen LogP contribution in [0.4, 0.5) is 34.1 Å². The number of benzene rings is 12. The first-order chi connectivity index (χ1) is 42.9. The molecule has 0 amide bonds. The molecule has 0 atom stereocenters. The Balaban J connectivity index is 1.14. The number of rotatable bonds is 14. The summed E-state index contributed by atoms with van der Waals surface area (Å²) in [6.07, 6.45) is 6.76. The Morgan fingerprint density at radius 1 is 0.264 bits per heavy atom. The van der Waals surface area contributed by atoms with Gasteiger partial charge in [0.25, 0.3) is 0 Å². The minimum Gasteiger partial charge on any atom is -0.310 e. The van der Waals surface area contributed by atoms with Crippen molar-refractivity contribution in [3.8, 4) is 11.1 Å².